The zero-order valence-electron chi connectivity index (χ0n) is 16.1. The number of aryl methyl sites for hydroxylation is 1. The van der Waals surface area contributed by atoms with Crippen molar-refractivity contribution in [2.24, 2.45) is 0 Å². The number of carbonyl (C=O) groups is 1. The SMILES string of the molecule is CCOP(C)(=O)Cc1cc(C)cc(OC)c1.O=Cc1cc2ccccc2s1. The molecule has 0 N–H and O–H groups in total. The van der Waals surface area contributed by atoms with Crippen LogP contribution in [0.5, 0.6) is 5.75 Å². The van der Waals surface area contributed by atoms with E-state index in [1.807, 2.05) is 62.4 Å². The Hall–Kier alpha value is -1.94. The summed E-state index contributed by atoms with van der Waals surface area (Å²) in [6, 6.07) is 15.8. The Balaban J connectivity index is 0.000000206. The summed E-state index contributed by atoms with van der Waals surface area (Å²) < 4.78 is 23.6. The van der Waals surface area contributed by atoms with Gasteiger partial charge in [0, 0.05) is 17.5 Å². The number of hydrogen-bond acceptors (Lipinski definition) is 5. The first-order chi connectivity index (χ1) is 12.9. The van der Waals surface area contributed by atoms with E-state index in [1.54, 1.807) is 13.8 Å². The molecule has 6 heteroatoms. The van der Waals surface area contributed by atoms with Gasteiger partial charge in [0.25, 0.3) is 0 Å². The second kappa shape index (κ2) is 9.84. The highest BCUT2D eigenvalue weighted by Gasteiger charge is 2.16. The van der Waals surface area contributed by atoms with E-state index in [4.69, 9.17) is 9.26 Å². The van der Waals surface area contributed by atoms with Crippen LogP contribution in [0.1, 0.15) is 27.7 Å². The Morgan fingerprint density at radius 1 is 1.15 bits per heavy atom. The van der Waals surface area contributed by atoms with Gasteiger partial charge in [-0.3, -0.25) is 9.36 Å². The van der Waals surface area contributed by atoms with Crippen molar-refractivity contribution in [2.45, 2.75) is 20.0 Å². The van der Waals surface area contributed by atoms with Gasteiger partial charge < -0.3 is 9.26 Å². The van der Waals surface area contributed by atoms with Crippen LogP contribution in [-0.4, -0.2) is 26.7 Å². The molecular weight excluding hydrogens is 379 g/mol. The van der Waals surface area contributed by atoms with Crippen molar-refractivity contribution in [3.05, 3.63) is 64.5 Å². The lowest BCUT2D eigenvalue weighted by Gasteiger charge is -2.13. The second-order valence-corrected chi connectivity index (χ2v) is 9.97. The highest BCUT2D eigenvalue weighted by atomic mass is 32.1. The first-order valence-electron chi connectivity index (χ1n) is 8.66. The standard InChI is InChI=1S/C12H19O3P.C9H6OS/c1-5-15-16(4,13)9-11-6-10(2)7-12(8-11)14-3;10-6-8-5-7-3-1-2-4-9(7)11-8/h6-8H,5,9H2,1-4H3;1-6H. The highest BCUT2D eigenvalue weighted by Crippen LogP contribution is 2.46. The molecule has 3 aromatic rings. The average molecular weight is 404 g/mol. The first-order valence-corrected chi connectivity index (χ1v) is 11.7. The van der Waals surface area contributed by atoms with Gasteiger partial charge in [-0.15, -0.1) is 11.3 Å². The predicted octanol–water partition coefficient (Wildman–Crippen LogP) is 6.16. The van der Waals surface area contributed by atoms with E-state index in [0.29, 0.717) is 12.8 Å². The average Bonchev–Trinajstić information content (AvgIpc) is 3.04. The molecule has 1 atom stereocenters. The summed E-state index contributed by atoms with van der Waals surface area (Å²) >= 11 is 1.53. The third-order valence-corrected chi connectivity index (χ3v) is 6.56. The Morgan fingerprint density at radius 3 is 2.52 bits per heavy atom. The number of aldehydes is 1. The minimum Gasteiger partial charge on any atom is -0.497 e. The van der Waals surface area contributed by atoms with E-state index in [1.165, 1.54) is 16.0 Å². The maximum absolute atomic E-state index is 12.0. The lowest BCUT2D eigenvalue weighted by molar-refractivity contribution is 0.112. The number of ether oxygens (including phenoxy) is 1. The van der Waals surface area contributed by atoms with Crippen LogP contribution in [0.25, 0.3) is 10.1 Å². The molecule has 0 aliphatic carbocycles. The van der Waals surface area contributed by atoms with E-state index in [9.17, 15) is 9.36 Å². The number of fused-ring (bicyclic) bond motifs is 1. The number of hydrogen-bond donors (Lipinski definition) is 0. The number of thiophene rings is 1. The van der Waals surface area contributed by atoms with Gasteiger partial charge in [-0.1, -0.05) is 24.3 Å². The fraction of sp³-hybridized carbons (Fsp3) is 0.286. The van der Waals surface area contributed by atoms with Crippen LogP contribution in [-0.2, 0) is 15.3 Å². The van der Waals surface area contributed by atoms with Crippen LogP contribution < -0.4 is 4.74 Å². The molecule has 27 heavy (non-hydrogen) atoms. The van der Waals surface area contributed by atoms with Crippen LogP contribution in [0.2, 0.25) is 0 Å². The first kappa shape index (κ1) is 21.4. The van der Waals surface area contributed by atoms with Crippen LogP contribution in [0.15, 0.2) is 48.5 Å². The van der Waals surface area contributed by atoms with Crippen molar-refractivity contribution >= 4 is 35.1 Å². The summed E-state index contributed by atoms with van der Waals surface area (Å²) in [7, 11) is -0.889. The second-order valence-electron chi connectivity index (χ2n) is 6.25. The molecule has 0 spiro atoms. The normalized spacial score (nSPS) is 12.7. The Bertz CT molecular complexity index is 915. The minimum absolute atomic E-state index is 0.457. The third kappa shape index (κ3) is 6.62. The number of rotatable bonds is 6. The fourth-order valence-electron chi connectivity index (χ4n) is 2.74. The maximum atomic E-state index is 12.0. The molecule has 0 aliphatic rings. The largest absolute Gasteiger partial charge is 0.497 e. The summed E-state index contributed by atoms with van der Waals surface area (Å²) in [5, 5.41) is 1.15. The summed E-state index contributed by atoms with van der Waals surface area (Å²) in [5.41, 5.74) is 2.10. The molecule has 0 saturated heterocycles. The molecule has 0 saturated carbocycles. The highest BCUT2D eigenvalue weighted by molar-refractivity contribution is 7.57. The van der Waals surface area contributed by atoms with Gasteiger partial charge in [0.05, 0.1) is 18.6 Å². The van der Waals surface area contributed by atoms with Crippen molar-refractivity contribution in [1.29, 1.82) is 0 Å². The van der Waals surface area contributed by atoms with Gasteiger partial charge in [-0.05, 0) is 54.6 Å². The van der Waals surface area contributed by atoms with Crippen molar-refractivity contribution in [2.75, 3.05) is 20.4 Å². The monoisotopic (exact) mass is 404 g/mol. The summed E-state index contributed by atoms with van der Waals surface area (Å²) in [5.74, 6) is 0.798. The molecule has 1 aromatic heterocycles. The summed E-state index contributed by atoms with van der Waals surface area (Å²) in [6.07, 6.45) is 1.35. The third-order valence-electron chi connectivity index (χ3n) is 3.78. The molecule has 144 valence electrons. The van der Waals surface area contributed by atoms with Crippen molar-refractivity contribution in [3.8, 4) is 5.75 Å². The van der Waals surface area contributed by atoms with Gasteiger partial charge in [-0.2, -0.15) is 0 Å². The number of carbonyl (C=O) groups excluding carboxylic acids is 1. The van der Waals surface area contributed by atoms with Crippen molar-refractivity contribution in [3.63, 3.8) is 0 Å². The van der Waals surface area contributed by atoms with Gasteiger partial charge in [0.2, 0.25) is 7.37 Å². The quantitative estimate of drug-likeness (QED) is 0.365. The van der Waals surface area contributed by atoms with Gasteiger partial charge in [0.15, 0.2) is 6.29 Å². The molecule has 0 amide bonds. The van der Waals surface area contributed by atoms with Crippen LogP contribution in [0, 0.1) is 6.92 Å². The smallest absolute Gasteiger partial charge is 0.204 e. The van der Waals surface area contributed by atoms with Crippen molar-refractivity contribution < 1.29 is 18.6 Å². The molecule has 3 rings (SSSR count). The minimum atomic E-state index is -2.52. The maximum Gasteiger partial charge on any atom is 0.204 e. The Labute approximate surface area is 164 Å². The Kier molecular flexibility index (Phi) is 7.78. The molecule has 0 radical (unpaired) electrons. The van der Waals surface area contributed by atoms with E-state index < -0.39 is 7.37 Å². The predicted molar refractivity (Wildman–Crippen MR) is 114 cm³/mol. The summed E-state index contributed by atoms with van der Waals surface area (Å²) in [4.78, 5) is 11.2. The molecule has 2 aromatic carbocycles. The molecule has 1 unspecified atom stereocenters. The summed E-state index contributed by atoms with van der Waals surface area (Å²) in [6.45, 7) is 6.00. The van der Waals surface area contributed by atoms with E-state index in [2.05, 4.69) is 0 Å². The van der Waals surface area contributed by atoms with Gasteiger partial charge in [0.1, 0.15) is 5.75 Å². The van der Waals surface area contributed by atoms with Gasteiger partial charge in [-0.25, -0.2) is 0 Å². The van der Waals surface area contributed by atoms with E-state index in [-0.39, 0.29) is 0 Å². The van der Waals surface area contributed by atoms with Gasteiger partial charge >= 0.3 is 0 Å². The van der Waals surface area contributed by atoms with E-state index >= 15 is 0 Å². The molecule has 0 bridgehead atoms. The molecule has 0 aliphatic heterocycles. The zero-order valence-corrected chi connectivity index (χ0v) is 17.8. The molecule has 4 nitrogen and oxygen atoms in total. The fourth-order valence-corrected chi connectivity index (χ4v) is 5.11. The molecule has 0 fully saturated rings. The van der Waals surface area contributed by atoms with Crippen molar-refractivity contribution in [1.82, 2.24) is 0 Å². The lowest BCUT2D eigenvalue weighted by Crippen LogP contribution is -1.94. The van der Waals surface area contributed by atoms with Crippen LogP contribution in [0.3, 0.4) is 0 Å². The number of methoxy groups -OCH3 is 1. The van der Waals surface area contributed by atoms with E-state index in [0.717, 1.165) is 33.4 Å². The zero-order chi connectivity index (χ0) is 19.9. The molecule has 1 heterocycles. The topological polar surface area (TPSA) is 52.6 Å². The van der Waals surface area contributed by atoms with Crippen LogP contribution in [0.4, 0.5) is 0 Å². The lowest BCUT2D eigenvalue weighted by atomic mass is 10.1. The number of benzene rings is 2. The molecular formula is C21H25O4PS. The van der Waals surface area contributed by atoms with Crippen LogP contribution >= 0.6 is 18.7 Å². The Morgan fingerprint density at radius 2 is 1.89 bits per heavy atom.